The summed E-state index contributed by atoms with van der Waals surface area (Å²) in [6.07, 6.45) is 3.21. The fourth-order valence-electron chi connectivity index (χ4n) is 1.71. The molecule has 76 valence electrons. The SMILES string of the molecule is Cl.O=c1ccc2ccc(=O)n3ccn1c23. The Morgan fingerprint density at radius 3 is 1.73 bits per heavy atom. The van der Waals surface area contributed by atoms with Crippen molar-refractivity contribution in [1.82, 2.24) is 8.80 Å². The summed E-state index contributed by atoms with van der Waals surface area (Å²) in [5, 5.41) is 0.884. The van der Waals surface area contributed by atoms with Crippen molar-refractivity contribution >= 4 is 23.4 Å². The summed E-state index contributed by atoms with van der Waals surface area (Å²) < 4.78 is 2.94. The standard InChI is InChI=1S/C10H6N2O2.ClH/c13-8-3-1-7-2-4-9(14)12-6-5-11(8)10(7)12;/h1-6H;1H. The maximum atomic E-state index is 11.4. The van der Waals surface area contributed by atoms with Crippen molar-refractivity contribution in [2.24, 2.45) is 0 Å². The minimum Gasteiger partial charge on any atom is -0.269 e. The minimum atomic E-state index is -0.120. The van der Waals surface area contributed by atoms with Gasteiger partial charge in [0.1, 0.15) is 5.65 Å². The van der Waals surface area contributed by atoms with E-state index in [9.17, 15) is 9.59 Å². The first-order chi connectivity index (χ1) is 6.77. The quantitative estimate of drug-likeness (QED) is 0.564. The van der Waals surface area contributed by atoms with E-state index < -0.39 is 0 Å². The number of hydrogen-bond acceptors (Lipinski definition) is 2. The van der Waals surface area contributed by atoms with Crippen LogP contribution in [0.3, 0.4) is 0 Å². The molecule has 0 bridgehead atoms. The second kappa shape index (κ2) is 3.10. The first kappa shape index (κ1) is 9.73. The Morgan fingerprint density at radius 2 is 1.27 bits per heavy atom. The number of imidazole rings is 1. The number of hydrogen-bond donors (Lipinski definition) is 0. The van der Waals surface area contributed by atoms with Crippen molar-refractivity contribution in [3.05, 3.63) is 57.4 Å². The van der Waals surface area contributed by atoms with Crippen LogP contribution in [0.5, 0.6) is 0 Å². The van der Waals surface area contributed by atoms with Crippen LogP contribution < -0.4 is 11.1 Å². The highest BCUT2D eigenvalue weighted by Crippen LogP contribution is 2.08. The molecule has 0 amide bonds. The Bertz CT molecular complexity index is 670. The third-order valence-electron chi connectivity index (χ3n) is 2.37. The predicted molar refractivity (Wildman–Crippen MR) is 59.3 cm³/mol. The zero-order valence-electron chi connectivity index (χ0n) is 7.58. The largest absolute Gasteiger partial charge is 0.269 e. The van der Waals surface area contributed by atoms with E-state index >= 15 is 0 Å². The molecule has 0 aliphatic rings. The molecule has 0 N–H and O–H groups in total. The Morgan fingerprint density at radius 1 is 0.800 bits per heavy atom. The van der Waals surface area contributed by atoms with Gasteiger partial charge in [-0.1, -0.05) is 0 Å². The average molecular weight is 223 g/mol. The van der Waals surface area contributed by atoms with Gasteiger partial charge in [0, 0.05) is 29.9 Å². The molecule has 0 aliphatic carbocycles. The van der Waals surface area contributed by atoms with Gasteiger partial charge in [-0.3, -0.25) is 18.4 Å². The van der Waals surface area contributed by atoms with E-state index in [1.807, 2.05) is 0 Å². The van der Waals surface area contributed by atoms with Crippen LogP contribution >= 0.6 is 12.4 Å². The average Bonchev–Trinajstić information content (AvgIpc) is 2.62. The number of nitrogens with zero attached hydrogens (tertiary/aromatic N) is 2. The smallest absolute Gasteiger partial charge is 0.256 e. The van der Waals surface area contributed by atoms with Crippen LogP contribution in [0.1, 0.15) is 0 Å². The second-order valence-corrected chi connectivity index (χ2v) is 3.16. The maximum absolute atomic E-state index is 11.4. The highest BCUT2D eigenvalue weighted by molar-refractivity contribution is 5.85. The monoisotopic (exact) mass is 222 g/mol. The number of aromatic nitrogens is 2. The number of rotatable bonds is 0. The molecule has 4 nitrogen and oxygen atoms in total. The van der Waals surface area contributed by atoms with E-state index in [-0.39, 0.29) is 23.5 Å². The molecule has 3 heterocycles. The topological polar surface area (TPSA) is 43.0 Å². The molecular formula is C10H7ClN2O2. The molecule has 0 saturated heterocycles. The number of halogens is 1. The van der Waals surface area contributed by atoms with E-state index in [1.54, 1.807) is 24.5 Å². The summed E-state index contributed by atoms with van der Waals surface area (Å²) in [5.74, 6) is 0. The fraction of sp³-hybridized carbons (Fsp3) is 0. The van der Waals surface area contributed by atoms with Crippen molar-refractivity contribution in [2.75, 3.05) is 0 Å². The van der Waals surface area contributed by atoms with E-state index in [0.717, 1.165) is 5.39 Å². The van der Waals surface area contributed by atoms with Gasteiger partial charge in [0.2, 0.25) is 0 Å². The van der Waals surface area contributed by atoms with Crippen LogP contribution in [0.25, 0.3) is 11.0 Å². The van der Waals surface area contributed by atoms with Gasteiger partial charge >= 0.3 is 0 Å². The molecule has 0 unspecified atom stereocenters. The molecule has 0 atom stereocenters. The maximum Gasteiger partial charge on any atom is 0.256 e. The molecule has 3 aromatic heterocycles. The molecule has 0 fully saturated rings. The van der Waals surface area contributed by atoms with Crippen molar-refractivity contribution < 1.29 is 0 Å². The van der Waals surface area contributed by atoms with Crippen LogP contribution in [0.15, 0.2) is 46.2 Å². The molecule has 0 aromatic carbocycles. The molecule has 0 saturated carbocycles. The van der Waals surface area contributed by atoms with E-state index in [2.05, 4.69) is 0 Å². The summed E-state index contributed by atoms with van der Waals surface area (Å²) >= 11 is 0. The zero-order valence-corrected chi connectivity index (χ0v) is 8.40. The van der Waals surface area contributed by atoms with Crippen molar-refractivity contribution in [1.29, 1.82) is 0 Å². The lowest BCUT2D eigenvalue weighted by Gasteiger charge is -1.98. The first-order valence-corrected chi connectivity index (χ1v) is 4.22. The van der Waals surface area contributed by atoms with Crippen LogP contribution in [-0.2, 0) is 0 Å². The fourth-order valence-corrected chi connectivity index (χ4v) is 1.71. The van der Waals surface area contributed by atoms with Crippen molar-refractivity contribution in [3.8, 4) is 0 Å². The molecule has 5 heteroatoms. The normalized spacial score (nSPS) is 10.7. The lowest BCUT2D eigenvalue weighted by Crippen LogP contribution is -2.15. The Labute approximate surface area is 90.1 Å². The summed E-state index contributed by atoms with van der Waals surface area (Å²) in [4.78, 5) is 22.8. The van der Waals surface area contributed by atoms with Crippen LogP contribution in [0.2, 0.25) is 0 Å². The van der Waals surface area contributed by atoms with Gasteiger partial charge < -0.3 is 0 Å². The summed E-state index contributed by atoms with van der Waals surface area (Å²) in [6.45, 7) is 0. The third kappa shape index (κ3) is 1.15. The molecule has 0 radical (unpaired) electrons. The number of pyridine rings is 2. The minimum absolute atomic E-state index is 0. The lowest BCUT2D eigenvalue weighted by molar-refractivity contribution is 1.07. The van der Waals surface area contributed by atoms with Crippen LogP contribution in [-0.4, -0.2) is 8.80 Å². The van der Waals surface area contributed by atoms with E-state index in [0.29, 0.717) is 5.65 Å². The third-order valence-corrected chi connectivity index (χ3v) is 2.37. The van der Waals surface area contributed by atoms with Gasteiger partial charge in [-0.2, -0.15) is 0 Å². The molecule has 15 heavy (non-hydrogen) atoms. The van der Waals surface area contributed by atoms with Crippen LogP contribution in [0.4, 0.5) is 0 Å². The second-order valence-electron chi connectivity index (χ2n) is 3.16. The molecule has 3 aromatic rings. The van der Waals surface area contributed by atoms with E-state index in [1.165, 1.54) is 20.9 Å². The van der Waals surface area contributed by atoms with Crippen LogP contribution in [0, 0.1) is 0 Å². The van der Waals surface area contributed by atoms with Gasteiger partial charge in [0.25, 0.3) is 11.1 Å². The molecular weight excluding hydrogens is 216 g/mol. The Balaban J connectivity index is 0.000000853. The van der Waals surface area contributed by atoms with Gasteiger partial charge in [-0.05, 0) is 12.1 Å². The molecule has 3 rings (SSSR count). The zero-order chi connectivity index (χ0) is 9.71. The van der Waals surface area contributed by atoms with Gasteiger partial charge in [0.05, 0.1) is 0 Å². The van der Waals surface area contributed by atoms with Gasteiger partial charge in [-0.15, -0.1) is 12.4 Å². The van der Waals surface area contributed by atoms with Gasteiger partial charge in [0.15, 0.2) is 0 Å². The highest BCUT2D eigenvalue weighted by atomic mass is 35.5. The Hall–Kier alpha value is -1.81. The van der Waals surface area contributed by atoms with Crippen molar-refractivity contribution in [2.45, 2.75) is 0 Å². The summed E-state index contributed by atoms with van der Waals surface area (Å²) in [5.41, 5.74) is 0.404. The van der Waals surface area contributed by atoms with E-state index in [4.69, 9.17) is 0 Å². The lowest BCUT2D eigenvalue weighted by atomic mass is 10.3. The Kier molecular flexibility index (Phi) is 2.01. The van der Waals surface area contributed by atoms with Crippen molar-refractivity contribution in [3.63, 3.8) is 0 Å². The predicted octanol–water partition coefficient (Wildman–Crippen LogP) is 0.772. The summed E-state index contributed by atoms with van der Waals surface area (Å²) in [6, 6.07) is 6.42. The molecule has 0 spiro atoms. The first-order valence-electron chi connectivity index (χ1n) is 4.22. The summed E-state index contributed by atoms with van der Waals surface area (Å²) in [7, 11) is 0. The molecule has 0 aliphatic heterocycles. The van der Waals surface area contributed by atoms with Gasteiger partial charge in [-0.25, -0.2) is 0 Å². The highest BCUT2D eigenvalue weighted by Gasteiger charge is 2.05.